The van der Waals surface area contributed by atoms with Gasteiger partial charge in [-0.15, -0.1) is 0 Å². The monoisotopic (exact) mass is 498 g/mol. The molecule has 0 heterocycles. The second-order valence-corrected chi connectivity index (χ2v) is 9.52. The zero-order valence-electron chi connectivity index (χ0n) is 21.4. The number of nitrogens with zero attached hydrogens (tertiary/aromatic N) is 1. The SMILES string of the molecule is COc1cc(COC(=O)[C@H](CCC(=O)OC(C)(C)C)NC(=O)OC(C)(C)C)c([N+](=O)[O-])cc1OC. The van der Waals surface area contributed by atoms with Crippen LogP contribution in [0.3, 0.4) is 0 Å². The number of nitro benzene ring substituents is 1. The molecule has 0 unspecified atom stereocenters. The molecule has 0 aliphatic carbocycles. The fourth-order valence-electron chi connectivity index (χ4n) is 2.80. The molecule has 1 aromatic carbocycles. The van der Waals surface area contributed by atoms with Crippen molar-refractivity contribution in [3.8, 4) is 11.5 Å². The zero-order chi connectivity index (χ0) is 27.0. The molecule has 0 radical (unpaired) electrons. The molecule has 1 aromatic rings. The van der Waals surface area contributed by atoms with E-state index in [0.29, 0.717) is 0 Å². The van der Waals surface area contributed by atoms with Crippen molar-refractivity contribution in [1.29, 1.82) is 0 Å². The van der Waals surface area contributed by atoms with Crippen molar-refractivity contribution in [1.82, 2.24) is 5.32 Å². The van der Waals surface area contributed by atoms with Gasteiger partial charge in [-0.05, 0) is 54.0 Å². The highest BCUT2D eigenvalue weighted by molar-refractivity contribution is 5.82. The van der Waals surface area contributed by atoms with Crippen molar-refractivity contribution in [3.63, 3.8) is 0 Å². The molecule has 1 N–H and O–H groups in total. The van der Waals surface area contributed by atoms with Crippen LogP contribution >= 0.6 is 0 Å². The summed E-state index contributed by atoms with van der Waals surface area (Å²) >= 11 is 0. The number of nitrogens with one attached hydrogen (secondary N) is 1. The van der Waals surface area contributed by atoms with Gasteiger partial charge >= 0.3 is 18.0 Å². The smallest absolute Gasteiger partial charge is 0.408 e. The van der Waals surface area contributed by atoms with Gasteiger partial charge in [-0.3, -0.25) is 14.9 Å². The molecule has 12 nitrogen and oxygen atoms in total. The molecule has 0 aromatic heterocycles. The Kier molecular flexibility index (Phi) is 10.3. The van der Waals surface area contributed by atoms with Crippen LogP contribution in [0.1, 0.15) is 59.9 Å². The first kappa shape index (κ1) is 29.5. The number of nitro groups is 1. The lowest BCUT2D eigenvalue weighted by Gasteiger charge is -2.23. The average molecular weight is 499 g/mol. The maximum absolute atomic E-state index is 12.8. The minimum atomic E-state index is -1.27. The maximum atomic E-state index is 12.8. The van der Waals surface area contributed by atoms with Crippen LogP contribution in [0.2, 0.25) is 0 Å². The third-order valence-electron chi connectivity index (χ3n) is 4.18. The van der Waals surface area contributed by atoms with E-state index in [4.69, 9.17) is 23.7 Å². The van der Waals surface area contributed by atoms with Crippen LogP contribution in [-0.4, -0.2) is 54.4 Å². The highest BCUT2D eigenvalue weighted by Crippen LogP contribution is 2.34. The number of amides is 1. The van der Waals surface area contributed by atoms with Gasteiger partial charge in [0.15, 0.2) is 11.5 Å². The minimum Gasteiger partial charge on any atom is -0.493 e. The fourth-order valence-corrected chi connectivity index (χ4v) is 2.80. The van der Waals surface area contributed by atoms with E-state index in [1.54, 1.807) is 41.5 Å². The molecule has 0 aliphatic rings. The van der Waals surface area contributed by atoms with Gasteiger partial charge in [0.25, 0.3) is 5.69 Å². The Bertz CT molecular complexity index is 931. The van der Waals surface area contributed by atoms with Crippen LogP contribution in [0.15, 0.2) is 12.1 Å². The number of ether oxygens (including phenoxy) is 5. The molecule has 35 heavy (non-hydrogen) atoms. The summed E-state index contributed by atoms with van der Waals surface area (Å²) in [5.74, 6) is -1.14. The number of benzene rings is 1. The van der Waals surface area contributed by atoms with Gasteiger partial charge in [-0.1, -0.05) is 0 Å². The lowest BCUT2D eigenvalue weighted by molar-refractivity contribution is -0.385. The molecule has 0 saturated heterocycles. The van der Waals surface area contributed by atoms with Crippen LogP contribution in [-0.2, 0) is 30.4 Å². The molecular formula is C23H34N2O10. The number of alkyl carbamates (subject to hydrolysis) is 1. The molecule has 0 saturated carbocycles. The predicted molar refractivity (Wildman–Crippen MR) is 124 cm³/mol. The molecule has 0 spiro atoms. The van der Waals surface area contributed by atoms with Gasteiger partial charge in [0.05, 0.1) is 30.8 Å². The summed E-state index contributed by atoms with van der Waals surface area (Å²) in [6.45, 7) is 9.56. The highest BCUT2D eigenvalue weighted by Gasteiger charge is 2.28. The van der Waals surface area contributed by atoms with Crippen molar-refractivity contribution in [3.05, 3.63) is 27.8 Å². The highest BCUT2D eigenvalue weighted by atomic mass is 16.6. The topological polar surface area (TPSA) is 153 Å². The van der Waals surface area contributed by atoms with Gasteiger partial charge in [0.2, 0.25) is 0 Å². The normalized spacial score (nSPS) is 12.2. The Hall–Kier alpha value is -3.57. The van der Waals surface area contributed by atoms with Crippen LogP contribution in [0.4, 0.5) is 10.5 Å². The number of hydrogen-bond acceptors (Lipinski definition) is 10. The second kappa shape index (κ2) is 12.2. The molecular weight excluding hydrogens is 464 g/mol. The molecule has 0 bridgehead atoms. The predicted octanol–water partition coefficient (Wildman–Crippen LogP) is 3.67. The van der Waals surface area contributed by atoms with Crippen LogP contribution in [0, 0.1) is 10.1 Å². The maximum Gasteiger partial charge on any atom is 0.408 e. The summed E-state index contributed by atoms with van der Waals surface area (Å²) in [6, 6.07) is 1.21. The standard InChI is InChI=1S/C23H34N2O10/c1-22(2,3)34-19(26)10-9-15(24-21(28)35-23(4,5)6)20(27)33-13-14-11-17(31-7)18(32-8)12-16(14)25(29)30/h11-12,15H,9-10,13H2,1-8H3,(H,24,28)/t15-/m0/s1. The van der Waals surface area contributed by atoms with Crippen LogP contribution < -0.4 is 14.8 Å². The average Bonchev–Trinajstić information content (AvgIpc) is 2.71. The third-order valence-corrected chi connectivity index (χ3v) is 4.18. The summed E-state index contributed by atoms with van der Waals surface area (Å²) in [6.07, 6.45) is -1.22. The lowest BCUT2D eigenvalue weighted by Crippen LogP contribution is -2.44. The van der Waals surface area contributed by atoms with Gasteiger partial charge in [0, 0.05) is 6.42 Å². The third kappa shape index (κ3) is 10.5. The first-order chi connectivity index (χ1) is 16.1. The van der Waals surface area contributed by atoms with E-state index in [9.17, 15) is 24.5 Å². The summed E-state index contributed by atoms with van der Waals surface area (Å²) < 4.78 is 25.9. The zero-order valence-corrected chi connectivity index (χ0v) is 21.4. The summed E-state index contributed by atoms with van der Waals surface area (Å²) in [5.41, 5.74) is -1.85. The molecule has 1 amide bonds. The summed E-state index contributed by atoms with van der Waals surface area (Å²) in [7, 11) is 2.69. The van der Waals surface area contributed by atoms with Crippen LogP contribution in [0.5, 0.6) is 11.5 Å². The number of methoxy groups -OCH3 is 2. The van der Waals surface area contributed by atoms with E-state index in [1.165, 1.54) is 20.3 Å². The molecule has 12 heteroatoms. The van der Waals surface area contributed by atoms with Crippen molar-refractivity contribution in [2.75, 3.05) is 14.2 Å². The Labute approximate surface area is 204 Å². The molecule has 0 fully saturated rings. The summed E-state index contributed by atoms with van der Waals surface area (Å²) in [5, 5.41) is 13.9. The van der Waals surface area contributed by atoms with Crippen molar-refractivity contribution in [2.24, 2.45) is 0 Å². The number of carbonyl (C=O) groups is 3. The Morgan fingerprint density at radius 1 is 0.971 bits per heavy atom. The van der Waals surface area contributed by atoms with E-state index in [0.717, 1.165) is 6.07 Å². The van der Waals surface area contributed by atoms with Gasteiger partial charge in [-0.2, -0.15) is 0 Å². The number of esters is 2. The number of hydrogen-bond donors (Lipinski definition) is 1. The molecule has 196 valence electrons. The van der Waals surface area contributed by atoms with Crippen molar-refractivity contribution in [2.45, 2.75) is 78.2 Å². The quantitative estimate of drug-likeness (QED) is 0.219. The second-order valence-electron chi connectivity index (χ2n) is 9.52. The number of carbonyl (C=O) groups excluding carboxylic acids is 3. The molecule has 0 aliphatic heterocycles. The van der Waals surface area contributed by atoms with E-state index in [-0.39, 0.29) is 35.6 Å². The molecule has 1 atom stereocenters. The largest absolute Gasteiger partial charge is 0.493 e. The first-order valence-electron chi connectivity index (χ1n) is 10.8. The van der Waals surface area contributed by atoms with E-state index in [1.807, 2.05) is 0 Å². The Morgan fingerprint density at radius 2 is 1.51 bits per heavy atom. The number of rotatable bonds is 10. The molecule has 1 rings (SSSR count). The van der Waals surface area contributed by atoms with Crippen LogP contribution in [0.25, 0.3) is 0 Å². The van der Waals surface area contributed by atoms with Gasteiger partial charge < -0.3 is 29.0 Å². The van der Waals surface area contributed by atoms with Crippen molar-refractivity contribution < 1.29 is 43.0 Å². The minimum absolute atomic E-state index is 0.0455. The van der Waals surface area contributed by atoms with E-state index < -0.39 is 46.8 Å². The fraction of sp³-hybridized carbons (Fsp3) is 0.609. The summed E-state index contributed by atoms with van der Waals surface area (Å²) in [4.78, 5) is 48.0. The van der Waals surface area contributed by atoms with Crippen molar-refractivity contribution >= 4 is 23.7 Å². The van der Waals surface area contributed by atoms with Gasteiger partial charge in [0.1, 0.15) is 23.9 Å². The Balaban J connectivity index is 3.05. The van der Waals surface area contributed by atoms with E-state index >= 15 is 0 Å². The van der Waals surface area contributed by atoms with Gasteiger partial charge in [-0.25, -0.2) is 9.59 Å². The van der Waals surface area contributed by atoms with E-state index in [2.05, 4.69) is 5.32 Å². The Morgan fingerprint density at radius 3 is 2.00 bits per heavy atom. The first-order valence-corrected chi connectivity index (χ1v) is 10.8. The lowest BCUT2D eigenvalue weighted by atomic mass is 10.1.